The van der Waals surface area contributed by atoms with Crippen LogP contribution >= 0.6 is 11.6 Å². The Hall–Kier alpha value is -2.86. The molecular formula is C21H20ClN3O3. The number of nitrogens with zero attached hydrogens (tertiary/aromatic N) is 3. The van der Waals surface area contributed by atoms with Crippen LogP contribution in [0.4, 0.5) is 0 Å². The molecular weight excluding hydrogens is 378 g/mol. The molecule has 0 radical (unpaired) electrons. The van der Waals surface area contributed by atoms with Gasteiger partial charge in [0, 0.05) is 16.6 Å². The van der Waals surface area contributed by atoms with Gasteiger partial charge in [-0.25, -0.2) is 0 Å². The number of carbonyl (C=O) groups is 1. The number of carbonyl (C=O) groups excluding carboxylic acids is 1. The van der Waals surface area contributed by atoms with Crippen LogP contribution in [-0.2, 0) is 11.3 Å². The molecule has 0 aliphatic heterocycles. The first-order valence-electron chi connectivity index (χ1n) is 9.20. The predicted molar refractivity (Wildman–Crippen MR) is 105 cm³/mol. The molecule has 1 unspecified atom stereocenters. The van der Waals surface area contributed by atoms with Gasteiger partial charge in [0.05, 0.1) is 6.54 Å². The molecule has 1 aliphatic rings. The highest BCUT2D eigenvalue weighted by Crippen LogP contribution is 2.30. The maximum Gasteiger partial charge on any atom is 0.264 e. The number of aromatic nitrogens is 2. The van der Waals surface area contributed by atoms with Gasteiger partial charge in [0.1, 0.15) is 5.75 Å². The average molecular weight is 398 g/mol. The van der Waals surface area contributed by atoms with E-state index in [0.29, 0.717) is 22.6 Å². The second-order valence-corrected chi connectivity index (χ2v) is 7.21. The zero-order chi connectivity index (χ0) is 19.5. The quantitative estimate of drug-likeness (QED) is 0.592. The smallest absolute Gasteiger partial charge is 0.264 e. The lowest BCUT2D eigenvalue weighted by Crippen LogP contribution is -2.41. The second kappa shape index (κ2) is 8.02. The number of amides is 1. The number of hydrogen-bond acceptors (Lipinski definition) is 5. The monoisotopic (exact) mass is 397 g/mol. The van der Waals surface area contributed by atoms with Crippen LogP contribution in [-0.4, -0.2) is 33.2 Å². The first-order chi connectivity index (χ1) is 13.6. The van der Waals surface area contributed by atoms with Crippen molar-refractivity contribution in [3.63, 3.8) is 0 Å². The van der Waals surface area contributed by atoms with E-state index in [4.69, 9.17) is 20.8 Å². The molecule has 144 valence electrons. The van der Waals surface area contributed by atoms with Crippen LogP contribution in [0.3, 0.4) is 0 Å². The summed E-state index contributed by atoms with van der Waals surface area (Å²) in [5.41, 5.74) is 0.785. The molecule has 7 heteroatoms. The zero-order valence-corrected chi connectivity index (χ0v) is 16.2. The average Bonchev–Trinajstić information content (AvgIpc) is 3.45. The summed E-state index contributed by atoms with van der Waals surface area (Å²) >= 11 is 5.91. The Morgan fingerprint density at radius 3 is 2.57 bits per heavy atom. The molecule has 0 saturated heterocycles. The van der Waals surface area contributed by atoms with Crippen LogP contribution in [0.5, 0.6) is 5.75 Å². The molecule has 1 heterocycles. The SMILES string of the molecule is CC(Oc1ccccc1)C(=O)N(Cc1nnc(-c2ccc(Cl)cc2)o1)C1CC1. The third-order valence-electron chi connectivity index (χ3n) is 4.54. The Labute approximate surface area is 168 Å². The Balaban J connectivity index is 1.45. The van der Waals surface area contributed by atoms with E-state index in [0.717, 1.165) is 18.4 Å². The molecule has 1 amide bonds. The number of hydrogen-bond donors (Lipinski definition) is 0. The van der Waals surface area contributed by atoms with Gasteiger partial charge in [-0.1, -0.05) is 29.8 Å². The standard InChI is InChI=1S/C21H20ClN3O3/c1-14(27-18-5-3-2-4-6-18)21(26)25(17-11-12-17)13-19-23-24-20(28-19)15-7-9-16(22)10-8-15/h2-10,14,17H,11-13H2,1H3. The van der Waals surface area contributed by atoms with E-state index in [1.54, 1.807) is 24.0 Å². The van der Waals surface area contributed by atoms with E-state index in [1.165, 1.54) is 0 Å². The van der Waals surface area contributed by atoms with Crippen LogP contribution in [0.25, 0.3) is 11.5 Å². The highest BCUT2D eigenvalue weighted by atomic mass is 35.5. The Kier molecular flexibility index (Phi) is 5.30. The lowest BCUT2D eigenvalue weighted by molar-refractivity contribution is -0.139. The van der Waals surface area contributed by atoms with Crippen molar-refractivity contribution in [1.82, 2.24) is 15.1 Å². The third kappa shape index (κ3) is 4.34. The molecule has 3 aromatic rings. The first kappa shape index (κ1) is 18.5. The normalized spacial score (nSPS) is 14.5. The molecule has 1 atom stereocenters. The summed E-state index contributed by atoms with van der Waals surface area (Å²) < 4.78 is 11.6. The van der Waals surface area contributed by atoms with Gasteiger partial charge in [0.15, 0.2) is 6.10 Å². The van der Waals surface area contributed by atoms with Crippen LogP contribution in [0.1, 0.15) is 25.7 Å². The van der Waals surface area contributed by atoms with Crippen molar-refractivity contribution >= 4 is 17.5 Å². The summed E-state index contributed by atoms with van der Waals surface area (Å²) in [5, 5.41) is 8.84. The molecule has 0 N–H and O–H groups in total. The van der Waals surface area contributed by atoms with E-state index >= 15 is 0 Å². The van der Waals surface area contributed by atoms with Gasteiger partial charge >= 0.3 is 0 Å². The van der Waals surface area contributed by atoms with Crippen molar-refractivity contribution in [3.8, 4) is 17.2 Å². The molecule has 4 rings (SSSR count). The van der Waals surface area contributed by atoms with Gasteiger partial charge in [-0.05, 0) is 56.2 Å². The fraction of sp³-hybridized carbons (Fsp3) is 0.286. The Bertz CT molecular complexity index is 939. The highest BCUT2D eigenvalue weighted by molar-refractivity contribution is 6.30. The maximum absolute atomic E-state index is 12.9. The number of halogens is 1. The number of rotatable bonds is 7. The summed E-state index contributed by atoms with van der Waals surface area (Å²) in [7, 11) is 0. The molecule has 2 aromatic carbocycles. The molecule has 1 fully saturated rings. The van der Waals surface area contributed by atoms with Crippen LogP contribution in [0, 0.1) is 0 Å². The Morgan fingerprint density at radius 2 is 1.89 bits per heavy atom. The minimum Gasteiger partial charge on any atom is -0.481 e. The minimum atomic E-state index is -0.596. The van der Waals surface area contributed by atoms with Gasteiger partial charge in [0.2, 0.25) is 11.8 Å². The largest absolute Gasteiger partial charge is 0.481 e. The predicted octanol–water partition coefficient (Wildman–Crippen LogP) is 4.35. The first-order valence-corrected chi connectivity index (χ1v) is 9.58. The molecule has 1 aromatic heterocycles. The summed E-state index contributed by atoms with van der Waals surface area (Å²) in [6.07, 6.45) is 1.35. The van der Waals surface area contributed by atoms with E-state index in [1.807, 2.05) is 42.5 Å². The van der Waals surface area contributed by atoms with Gasteiger partial charge in [-0.15, -0.1) is 10.2 Å². The van der Waals surface area contributed by atoms with Gasteiger partial charge in [-0.2, -0.15) is 0 Å². The highest BCUT2D eigenvalue weighted by Gasteiger charge is 2.36. The van der Waals surface area contributed by atoms with Crippen LogP contribution in [0.15, 0.2) is 59.0 Å². The van der Waals surface area contributed by atoms with Crippen molar-refractivity contribution in [2.24, 2.45) is 0 Å². The zero-order valence-electron chi connectivity index (χ0n) is 15.4. The van der Waals surface area contributed by atoms with Crippen molar-refractivity contribution in [2.45, 2.75) is 38.5 Å². The van der Waals surface area contributed by atoms with E-state index in [2.05, 4.69) is 10.2 Å². The molecule has 0 spiro atoms. The van der Waals surface area contributed by atoms with Gasteiger partial charge < -0.3 is 14.1 Å². The molecule has 0 bridgehead atoms. The fourth-order valence-corrected chi connectivity index (χ4v) is 3.06. The molecule has 28 heavy (non-hydrogen) atoms. The third-order valence-corrected chi connectivity index (χ3v) is 4.79. The van der Waals surface area contributed by atoms with E-state index < -0.39 is 6.10 Å². The van der Waals surface area contributed by atoms with Gasteiger partial charge in [-0.3, -0.25) is 4.79 Å². The summed E-state index contributed by atoms with van der Waals surface area (Å²) in [6, 6.07) is 16.7. The van der Waals surface area contributed by atoms with Crippen molar-refractivity contribution in [3.05, 3.63) is 65.5 Å². The van der Waals surface area contributed by atoms with Crippen molar-refractivity contribution in [2.75, 3.05) is 0 Å². The Morgan fingerprint density at radius 1 is 1.18 bits per heavy atom. The van der Waals surface area contributed by atoms with Crippen molar-refractivity contribution < 1.29 is 13.9 Å². The lowest BCUT2D eigenvalue weighted by Gasteiger charge is -2.24. The van der Waals surface area contributed by atoms with E-state index in [-0.39, 0.29) is 18.5 Å². The molecule has 6 nitrogen and oxygen atoms in total. The summed E-state index contributed by atoms with van der Waals surface area (Å²) in [6.45, 7) is 2.03. The summed E-state index contributed by atoms with van der Waals surface area (Å²) in [4.78, 5) is 14.7. The second-order valence-electron chi connectivity index (χ2n) is 6.78. The topological polar surface area (TPSA) is 68.5 Å². The molecule has 1 saturated carbocycles. The summed E-state index contributed by atoms with van der Waals surface area (Å²) in [5.74, 6) is 1.39. The van der Waals surface area contributed by atoms with Crippen LogP contribution < -0.4 is 4.74 Å². The fourth-order valence-electron chi connectivity index (χ4n) is 2.93. The molecule has 1 aliphatic carbocycles. The van der Waals surface area contributed by atoms with Crippen LogP contribution in [0.2, 0.25) is 5.02 Å². The number of benzene rings is 2. The lowest BCUT2D eigenvalue weighted by atomic mass is 10.2. The van der Waals surface area contributed by atoms with E-state index in [9.17, 15) is 4.79 Å². The minimum absolute atomic E-state index is 0.0856. The maximum atomic E-state index is 12.9. The number of para-hydroxylation sites is 1. The van der Waals surface area contributed by atoms with Crippen molar-refractivity contribution in [1.29, 1.82) is 0 Å². The van der Waals surface area contributed by atoms with Gasteiger partial charge in [0.25, 0.3) is 5.91 Å². The number of ether oxygens (including phenoxy) is 1.